The SMILES string of the molecule is CCCOC(C)c1cccc2[nH]c3cnc(C(=O)O)c(C)c3c12.CCOC(=O)c1ncc2[nH]c3cccc(C(C)OC)c3c2c1C.CCOC(=O)c1ncc2[nH]c3cccc(C(C)OCC)c3c2c1C. The van der Waals surface area contributed by atoms with Crippen molar-refractivity contribution in [2.45, 2.75) is 94.0 Å². The lowest BCUT2D eigenvalue weighted by molar-refractivity contribution is 0.0509. The largest absolute Gasteiger partial charge is 0.477 e. The smallest absolute Gasteiger partial charge is 0.357 e. The first-order chi connectivity index (χ1) is 33.7. The summed E-state index contributed by atoms with van der Waals surface area (Å²) >= 11 is 0. The number of H-pyrrole nitrogens is 3. The summed E-state index contributed by atoms with van der Waals surface area (Å²) in [4.78, 5) is 58.4. The van der Waals surface area contributed by atoms with Crippen LogP contribution in [0.5, 0.6) is 0 Å². The molecule has 366 valence electrons. The highest BCUT2D eigenvalue weighted by Crippen LogP contribution is 2.38. The molecule has 9 rings (SSSR count). The van der Waals surface area contributed by atoms with E-state index in [0.29, 0.717) is 43.4 Å². The van der Waals surface area contributed by atoms with Crippen LogP contribution in [-0.4, -0.2) is 86.5 Å². The van der Waals surface area contributed by atoms with Crippen LogP contribution in [0.3, 0.4) is 0 Å². The number of carboxylic acids is 1. The van der Waals surface area contributed by atoms with Gasteiger partial charge in [0.15, 0.2) is 17.1 Å². The molecule has 0 amide bonds. The molecular formula is C55H62N6O9. The van der Waals surface area contributed by atoms with Gasteiger partial charge in [-0.25, -0.2) is 29.3 Å². The van der Waals surface area contributed by atoms with Gasteiger partial charge in [-0.2, -0.15) is 0 Å². The lowest BCUT2D eigenvalue weighted by Gasteiger charge is -2.15. The van der Waals surface area contributed by atoms with Gasteiger partial charge in [-0.15, -0.1) is 0 Å². The van der Waals surface area contributed by atoms with Crippen molar-refractivity contribution in [2.24, 2.45) is 0 Å². The first kappa shape index (κ1) is 50.7. The van der Waals surface area contributed by atoms with Gasteiger partial charge in [0.25, 0.3) is 0 Å². The zero-order chi connectivity index (χ0) is 50.4. The number of hydrogen-bond acceptors (Lipinski definition) is 11. The molecule has 0 spiro atoms. The maximum absolute atomic E-state index is 12.2. The molecule has 4 N–H and O–H groups in total. The second-order valence-electron chi connectivity index (χ2n) is 17.0. The number of benzene rings is 3. The normalized spacial score (nSPS) is 12.7. The Morgan fingerprint density at radius 3 is 1.24 bits per heavy atom. The number of fused-ring (bicyclic) bond motifs is 9. The molecule has 0 aliphatic rings. The minimum absolute atomic E-state index is 0.0312. The fraction of sp³-hybridized carbons (Fsp3) is 0.345. The number of carbonyl (C=O) groups excluding carboxylic acids is 2. The predicted octanol–water partition coefficient (Wildman–Crippen LogP) is 12.4. The molecule has 3 atom stereocenters. The predicted molar refractivity (Wildman–Crippen MR) is 274 cm³/mol. The maximum Gasteiger partial charge on any atom is 0.357 e. The van der Waals surface area contributed by atoms with Gasteiger partial charge in [0.05, 0.1) is 66.7 Å². The molecule has 6 heterocycles. The average molecular weight is 951 g/mol. The summed E-state index contributed by atoms with van der Waals surface area (Å²) < 4.78 is 27.4. The summed E-state index contributed by atoms with van der Waals surface area (Å²) in [6, 6.07) is 18.2. The zero-order valence-electron chi connectivity index (χ0n) is 41.8. The van der Waals surface area contributed by atoms with E-state index in [-0.39, 0.29) is 30.0 Å². The van der Waals surface area contributed by atoms with Crippen molar-refractivity contribution in [1.29, 1.82) is 0 Å². The Balaban J connectivity index is 0.000000155. The molecule has 15 heteroatoms. The topological polar surface area (TPSA) is 204 Å². The van der Waals surface area contributed by atoms with E-state index in [4.69, 9.17) is 23.7 Å². The summed E-state index contributed by atoms with van der Waals surface area (Å²) in [5.74, 6) is -1.79. The van der Waals surface area contributed by atoms with E-state index in [2.05, 4.69) is 42.9 Å². The molecule has 0 aliphatic carbocycles. The summed E-state index contributed by atoms with van der Waals surface area (Å²) in [5, 5.41) is 15.4. The molecule has 0 saturated carbocycles. The first-order valence-electron chi connectivity index (χ1n) is 23.7. The Labute approximate surface area is 406 Å². The number of hydrogen-bond donors (Lipinski definition) is 4. The van der Waals surface area contributed by atoms with Gasteiger partial charge in [-0.1, -0.05) is 43.3 Å². The second kappa shape index (κ2) is 22.0. The van der Waals surface area contributed by atoms with E-state index in [1.165, 1.54) is 0 Å². The Morgan fingerprint density at radius 1 is 0.514 bits per heavy atom. The van der Waals surface area contributed by atoms with Crippen molar-refractivity contribution in [3.05, 3.63) is 124 Å². The van der Waals surface area contributed by atoms with Crippen LogP contribution in [-0.2, 0) is 23.7 Å². The van der Waals surface area contributed by atoms with Gasteiger partial charge in [0.2, 0.25) is 0 Å². The Bertz CT molecular complexity index is 3370. The third-order valence-electron chi connectivity index (χ3n) is 12.6. The molecule has 70 heavy (non-hydrogen) atoms. The quantitative estimate of drug-likeness (QED) is 0.0752. The fourth-order valence-electron chi connectivity index (χ4n) is 9.27. The number of methoxy groups -OCH3 is 1. The number of aromatic carboxylic acids is 1. The molecule has 6 aromatic heterocycles. The molecule has 0 radical (unpaired) electrons. The number of ether oxygens (including phenoxy) is 5. The maximum atomic E-state index is 12.2. The Hall–Kier alpha value is -7.20. The molecule has 0 saturated heterocycles. The van der Waals surface area contributed by atoms with Gasteiger partial charge in [0, 0.05) is 69.2 Å². The number of nitrogens with zero attached hydrogens (tertiary/aromatic N) is 3. The summed E-state index contributed by atoms with van der Waals surface area (Å²) in [6.07, 6.45) is 5.80. The summed E-state index contributed by atoms with van der Waals surface area (Å²) in [5.41, 5.74) is 12.0. The summed E-state index contributed by atoms with van der Waals surface area (Å²) in [7, 11) is 1.69. The van der Waals surface area contributed by atoms with Crippen LogP contribution in [0.25, 0.3) is 65.4 Å². The highest BCUT2D eigenvalue weighted by Gasteiger charge is 2.23. The van der Waals surface area contributed by atoms with E-state index in [1.54, 1.807) is 46.5 Å². The van der Waals surface area contributed by atoms with Gasteiger partial charge in [-0.3, -0.25) is 0 Å². The summed E-state index contributed by atoms with van der Waals surface area (Å²) in [6.45, 7) is 21.4. The molecule has 0 aliphatic heterocycles. The van der Waals surface area contributed by atoms with Crippen LogP contribution in [0.2, 0.25) is 0 Å². The van der Waals surface area contributed by atoms with E-state index in [9.17, 15) is 19.5 Å². The number of pyridine rings is 3. The third-order valence-corrected chi connectivity index (χ3v) is 12.6. The minimum atomic E-state index is -1.01. The van der Waals surface area contributed by atoms with E-state index in [0.717, 1.165) is 99.7 Å². The van der Waals surface area contributed by atoms with Crippen LogP contribution >= 0.6 is 0 Å². The number of aromatic amines is 3. The number of esters is 2. The zero-order valence-corrected chi connectivity index (χ0v) is 41.8. The number of aryl methyl sites for hydroxylation is 3. The molecule has 3 aromatic carbocycles. The first-order valence-corrected chi connectivity index (χ1v) is 23.7. The molecular weight excluding hydrogens is 889 g/mol. The number of rotatable bonds is 14. The number of aromatic nitrogens is 6. The van der Waals surface area contributed by atoms with Gasteiger partial charge in [-0.05, 0) is 120 Å². The lowest BCUT2D eigenvalue weighted by Crippen LogP contribution is -2.09. The highest BCUT2D eigenvalue weighted by molar-refractivity contribution is 6.14. The molecule has 15 nitrogen and oxygen atoms in total. The molecule has 0 bridgehead atoms. The molecule has 3 unspecified atom stereocenters. The average Bonchev–Trinajstić information content (AvgIpc) is 4.06. The van der Waals surface area contributed by atoms with Gasteiger partial charge >= 0.3 is 17.9 Å². The third kappa shape index (κ3) is 9.82. The van der Waals surface area contributed by atoms with Crippen LogP contribution in [0, 0.1) is 20.8 Å². The molecule has 9 aromatic rings. The number of carbonyl (C=O) groups is 3. The fourth-order valence-corrected chi connectivity index (χ4v) is 9.27. The number of carboxylic acid groups (broad SMARTS) is 1. The van der Waals surface area contributed by atoms with E-state index >= 15 is 0 Å². The minimum Gasteiger partial charge on any atom is -0.477 e. The van der Waals surface area contributed by atoms with Crippen molar-refractivity contribution in [2.75, 3.05) is 33.5 Å². The van der Waals surface area contributed by atoms with E-state index < -0.39 is 11.9 Å². The van der Waals surface area contributed by atoms with Gasteiger partial charge < -0.3 is 43.7 Å². The number of nitrogens with one attached hydrogen (secondary N) is 3. The van der Waals surface area contributed by atoms with Crippen LogP contribution in [0.4, 0.5) is 0 Å². The van der Waals surface area contributed by atoms with Crippen molar-refractivity contribution >= 4 is 83.3 Å². The standard InChI is InChI=1S/C19H22N2O3.2C18H20N2O3/c1-5-23-12(4)13-8-7-9-14-17(13)16-11(3)18(19(22)24-6-2)20-10-15(16)21-14;1-5-23-18(21)17-10(2)15-14(9-19-17)20-13-8-6-7-12(16(13)15)11(3)22-4;1-4-8-23-11(3)12-6-5-7-13-16(12)15-10(2)17(18(21)22)19-9-14(15)20-13/h7-10,12,21H,5-6H2,1-4H3;6-9,11,20H,5H2,1-4H3;5-7,9,11,20H,4,8H2,1-3H3,(H,21,22). The van der Waals surface area contributed by atoms with Gasteiger partial charge in [0.1, 0.15) is 0 Å². The van der Waals surface area contributed by atoms with Crippen molar-refractivity contribution in [1.82, 2.24) is 29.9 Å². The van der Waals surface area contributed by atoms with Crippen LogP contribution in [0.1, 0.15) is 138 Å². The highest BCUT2D eigenvalue weighted by atomic mass is 16.5. The monoisotopic (exact) mass is 950 g/mol. The van der Waals surface area contributed by atoms with Crippen molar-refractivity contribution < 1.29 is 43.2 Å². The van der Waals surface area contributed by atoms with Crippen molar-refractivity contribution in [3.8, 4) is 0 Å². The van der Waals surface area contributed by atoms with E-state index in [1.807, 2.05) is 90.1 Å². The van der Waals surface area contributed by atoms with Crippen LogP contribution < -0.4 is 0 Å². The Kier molecular flexibility index (Phi) is 16.0. The van der Waals surface area contributed by atoms with Crippen LogP contribution in [0.15, 0.2) is 73.2 Å². The lowest BCUT2D eigenvalue weighted by atomic mass is 10.00. The Morgan fingerprint density at radius 2 is 0.886 bits per heavy atom. The van der Waals surface area contributed by atoms with Crippen molar-refractivity contribution in [3.63, 3.8) is 0 Å². The molecule has 0 fully saturated rings. The second-order valence-corrected chi connectivity index (χ2v) is 17.0.